The molecule has 0 saturated carbocycles. The van der Waals surface area contributed by atoms with E-state index in [4.69, 9.17) is 9.84 Å². The zero-order valence-corrected chi connectivity index (χ0v) is 12.5. The van der Waals surface area contributed by atoms with Crippen LogP contribution in [0.3, 0.4) is 0 Å². The van der Waals surface area contributed by atoms with Gasteiger partial charge in [0.2, 0.25) is 0 Å². The lowest BCUT2D eigenvalue weighted by Crippen LogP contribution is -2.33. The molecule has 1 aromatic rings. The highest BCUT2D eigenvalue weighted by molar-refractivity contribution is 5.91. The number of para-hydroxylation sites is 2. The number of hydrogen-bond acceptors (Lipinski definition) is 3. The number of nitrogens with one attached hydrogen (secondary N) is 1. The number of anilines is 1. The lowest BCUT2D eigenvalue weighted by Gasteiger charge is -2.18. The zero-order chi connectivity index (χ0) is 15.7. The van der Waals surface area contributed by atoms with Crippen molar-refractivity contribution in [1.29, 1.82) is 0 Å². The Kier molecular flexibility index (Phi) is 7.08. The van der Waals surface area contributed by atoms with E-state index < -0.39 is 5.97 Å². The molecule has 2 N–H and O–H groups in total. The summed E-state index contributed by atoms with van der Waals surface area (Å²) in [6.45, 7) is 2.83. The van der Waals surface area contributed by atoms with Gasteiger partial charge in [-0.05, 0) is 18.6 Å². The maximum atomic E-state index is 12.0. The SMILES string of the molecule is CCCCOc1ccccc1NC(=O)N(C)CCC(=O)O. The van der Waals surface area contributed by atoms with E-state index in [0.717, 1.165) is 12.8 Å². The van der Waals surface area contributed by atoms with Crippen molar-refractivity contribution in [3.8, 4) is 5.75 Å². The minimum absolute atomic E-state index is 0.0848. The van der Waals surface area contributed by atoms with Crippen molar-refractivity contribution in [3.63, 3.8) is 0 Å². The van der Waals surface area contributed by atoms with Gasteiger partial charge in [0.1, 0.15) is 5.75 Å². The molecule has 0 saturated heterocycles. The summed E-state index contributed by atoms with van der Waals surface area (Å²) in [5, 5.41) is 11.4. The number of amides is 2. The van der Waals surface area contributed by atoms with Crippen molar-refractivity contribution in [3.05, 3.63) is 24.3 Å². The molecular formula is C15H22N2O4. The van der Waals surface area contributed by atoms with Crippen LogP contribution in [0.15, 0.2) is 24.3 Å². The first-order chi connectivity index (χ1) is 10.0. The molecule has 21 heavy (non-hydrogen) atoms. The summed E-state index contributed by atoms with van der Waals surface area (Å²) in [7, 11) is 1.55. The summed E-state index contributed by atoms with van der Waals surface area (Å²) in [5.41, 5.74) is 0.584. The van der Waals surface area contributed by atoms with Crippen molar-refractivity contribution >= 4 is 17.7 Å². The third-order valence-electron chi connectivity index (χ3n) is 2.89. The molecule has 116 valence electrons. The van der Waals surface area contributed by atoms with Crippen LogP contribution in [0.5, 0.6) is 5.75 Å². The van der Waals surface area contributed by atoms with Crippen molar-refractivity contribution < 1.29 is 19.4 Å². The van der Waals surface area contributed by atoms with Gasteiger partial charge in [0.05, 0.1) is 18.7 Å². The topological polar surface area (TPSA) is 78.9 Å². The van der Waals surface area contributed by atoms with Gasteiger partial charge in [-0.3, -0.25) is 4.79 Å². The summed E-state index contributed by atoms with van der Waals surface area (Å²) in [4.78, 5) is 23.8. The fourth-order valence-corrected chi connectivity index (χ4v) is 1.60. The van der Waals surface area contributed by atoms with E-state index in [1.54, 1.807) is 25.2 Å². The largest absolute Gasteiger partial charge is 0.491 e. The third-order valence-corrected chi connectivity index (χ3v) is 2.89. The van der Waals surface area contributed by atoms with Gasteiger partial charge < -0.3 is 20.1 Å². The number of benzene rings is 1. The Balaban J connectivity index is 2.60. The lowest BCUT2D eigenvalue weighted by molar-refractivity contribution is -0.137. The molecule has 6 heteroatoms. The second-order valence-corrected chi connectivity index (χ2v) is 4.69. The predicted molar refractivity (Wildman–Crippen MR) is 80.7 cm³/mol. The molecule has 0 spiro atoms. The van der Waals surface area contributed by atoms with Gasteiger partial charge >= 0.3 is 12.0 Å². The third kappa shape index (κ3) is 6.16. The van der Waals surface area contributed by atoms with Crippen LogP contribution in [0.25, 0.3) is 0 Å². The van der Waals surface area contributed by atoms with Crippen LogP contribution < -0.4 is 10.1 Å². The Morgan fingerprint density at radius 2 is 2.05 bits per heavy atom. The van der Waals surface area contributed by atoms with Gasteiger partial charge in [-0.2, -0.15) is 0 Å². The number of unbranched alkanes of at least 4 members (excludes halogenated alkanes) is 1. The quantitative estimate of drug-likeness (QED) is 0.723. The number of urea groups is 1. The fourth-order valence-electron chi connectivity index (χ4n) is 1.60. The van der Waals surface area contributed by atoms with E-state index in [1.807, 2.05) is 6.07 Å². The molecule has 6 nitrogen and oxygen atoms in total. The van der Waals surface area contributed by atoms with E-state index in [2.05, 4.69) is 12.2 Å². The fraction of sp³-hybridized carbons (Fsp3) is 0.467. The number of nitrogens with zero attached hydrogens (tertiary/aromatic N) is 1. The second-order valence-electron chi connectivity index (χ2n) is 4.69. The Bertz CT molecular complexity index is 476. The summed E-state index contributed by atoms with van der Waals surface area (Å²) < 4.78 is 5.63. The van der Waals surface area contributed by atoms with Gasteiger partial charge in [-0.15, -0.1) is 0 Å². The lowest BCUT2D eigenvalue weighted by atomic mass is 10.3. The van der Waals surface area contributed by atoms with Crippen LogP contribution in [0.2, 0.25) is 0 Å². The molecule has 1 rings (SSSR count). The number of carboxylic acids is 1. The number of hydrogen-bond donors (Lipinski definition) is 2. The Hall–Kier alpha value is -2.24. The molecule has 2 amide bonds. The van der Waals surface area contributed by atoms with Crippen LogP contribution >= 0.6 is 0 Å². The number of ether oxygens (including phenoxy) is 1. The molecular weight excluding hydrogens is 272 g/mol. The molecule has 0 aromatic heterocycles. The average molecular weight is 294 g/mol. The highest BCUT2D eigenvalue weighted by atomic mass is 16.5. The molecule has 0 bridgehead atoms. The zero-order valence-electron chi connectivity index (χ0n) is 12.5. The van der Waals surface area contributed by atoms with Gasteiger partial charge in [-0.25, -0.2) is 4.79 Å². The summed E-state index contributed by atoms with van der Waals surface area (Å²) in [5.74, 6) is -0.316. The van der Waals surface area contributed by atoms with Gasteiger partial charge in [0.15, 0.2) is 0 Å². The number of aliphatic carboxylic acids is 1. The first-order valence-corrected chi connectivity index (χ1v) is 7.00. The van der Waals surface area contributed by atoms with Crippen molar-refractivity contribution in [1.82, 2.24) is 4.90 Å². The molecule has 0 radical (unpaired) electrons. The maximum Gasteiger partial charge on any atom is 0.321 e. The molecule has 0 unspecified atom stereocenters. The van der Waals surface area contributed by atoms with Crippen LogP contribution in [0.1, 0.15) is 26.2 Å². The van der Waals surface area contributed by atoms with Crippen molar-refractivity contribution in [2.24, 2.45) is 0 Å². The van der Waals surface area contributed by atoms with E-state index in [0.29, 0.717) is 18.0 Å². The summed E-state index contributed by atoms with van der Waals surface area (Å²) >= 11 is 0. The standard InChI is InChI=1S/C15H22N2O4/c1-3-4-11-21-13-8-6-5-7-12(13)16-15(20)17(2)10-9-14(18)19/h5-8H,3-4,9-11H2,1-2H3,(H,16,20)(H,18,19). The van der Waals surface area contributed by atoms with E-state index in [1.165, 1.54) is 4.90 Å². The first-order valence-electron chi connectivity index (χ1n) is 7.00. The van der Waals surface area contributed by atoms with Crippen LogP contribution in [0, 0.1) is 0 Å². The highest BCUT2D eigenvalue weighted by Gasteiger charge is 2.12. The van der Waals surface area contributed by atoms with E-state index in [-0.39, 0.29) is 19.0 Å². The maximum absolute atomic E-state index is 12.0. The van der Waals surface area contributed by atoms with E-state index >= 15 is 0 Å². The highest BCUT2D eigenvalue weighted by Crippen LogP contribution is 2.24. The predicted octanol–water partition coefficient (Wildman–Crippen LogP) is 2.80. The van der Waals surface area contributed by atoms with Crippen LogP contribution in [-0.2, 0) is 4.79 Å². The number of rotatable bonds is 8. The molecule has 0 heterocycles. The van der Waals surface area contributed by atoms with Crippen LogP contribution in [0.4, 0.5) is 10.5 Å². The minimum Gasteiger partial charge on any atom is -0.491 e. The summed E-state index contributed by atoms with van der Waals surface area (Å²) in [6.07, 6.45) is 1.89. The molecule has 1 aromatic carbocycles. The Morgan fingerprint density at radius 3 is 2.71 bits per heavy atom. The molecule has 0 aliphatic heterocycles. The van der Waals surface area contributed by atoms with Crippen LogP contribution in [-0.4, -0.2) is 42.2 Å². The van der Waals surface area contributed by atoms with E-state index in [9.17, 15) is 9.59 Å². The number of carbonyl (C=O) groups excluding carboxylic acids is 1. The van der Waals surface area contributed by atoms with Crippen molar-refractivity contribution in [2.75, 3.05) is 25.5 Å². The number of carboxylic acid groups (broad SMARTS) is 1. The summed E-state index contributed by atoms with van der Waals surface area (Å²) in [6, 6.07) is 6.83. The van der Waals surface area contributed by atoms with Gasteiger partial charge in [0, 0.05) is 13.6 Å². The monoisotopic (exact) mass is 294 g/mol. The number of carbonyl (C=O) groups is 2. The minimum atomic E-state index is -0.932. The second kappa shape index (κ2) is 8.84. The average Bonchev–Trinajstić information content (AvgIpc) is 2.46. The van der Waals surface area contributed by atoms with Crippen molar-refractivity contribution in [2.45, 2.75) is 26.2 Å². The molecule has 0 aliphatic rings. The first kappa shape index (κ1) is 16.8. The Labute approximate surface area is 124 Å². The van der Waals surface area contributed by atoms with Gasteiger partial charge in [-0.1, -0.05) is 25.5 Å². The molecule has 0 fully saturated rings. The smallest absolute Gasteiger partial charge is 0.321 e. The molecule has 0 atom stereocenters. The van der Waals surface area contributed by atoms with Gasteiger partial charge in [0.25, 0.3) is 0 Å². The Morgan fingerprint density at radius 1 is 1.33 bits per heavy atom. The normalized spacial score (nSPS) is 10.0. The molecule has 0 aliphatic carbocycles.